The van der Waals surface area contributed by atoms with Crippen molar-refractivity contribution in [1.82, 2.24) is 9.97 Å². The maximum Gasteiger partial charge on any atom is 0.271 e. The molecule has 1 saturated carbocycles. The number of anilines is 2. The number of hydrogen-bond acceptors (Lipinski definition) is 7. The molecule has 2 aliphatic heterocycles. The molecule has 38 heavy (non-hydrogen) atoms. The Balaban J connectivity index is 1.08. The number of nitrogens with zero attached hydrogens (tertiary/aromatic N) is 2. The maximum absolute atomic E-state index is 12.4. The van der Waals surface area contributed by atoms with Gasteiger partial charge in [-0.15, -0.1) is 0 Å². The molecule has 0 amide bonds. The van der Waals surface area contributed by atoms with Gasteiger partial charge in [-0.3, -0.25) is 9.78 Å². The molecule has 2 aromatic heterocycles. The number of nitrogens with one attached hydrogen (secondary N) is 2. The lowest BCUT2D eigenvalue weighted by Crippen LogP contribution is -2.41. The number of morpholine rings is 1. The van der Waals surface area contributed by atoms with Gasteiger partial charge < -0.3 is 19.9 Å². The predicted molar refractivity (Wildman–Crippen MR) is 153 cm³/mol. The molecule has 1 saturated heterocycles. The Bertz CT molecular complexity index is 1550. The number of aromatic amines is 1. The SMILES string of the molecule is O=c1[nH]cccc1N1CCOC(c2cccc3c2Sc2ccc(NCc4cc(C5CC5)ccn4)cc2S3)C1. The molecule has 1 atom stereocenters. The number of H-pyrrole nitrogens is 1. The lowest BCUT2D eigenvalue weighted by Gasteiger charge is -2.35. The number of ether oxygens (including phenoxy) is 1. The van der Waals surface area contributed by atoms with E-state index >= 15 is 0 Å². The standard InChI is InChI=1S/C30H28N4O2S2/c35-30-24(4-2-11-32-30)34-13-14-36-25(18-34)23-3-1-5-27-29(23)38-26-9-8-21(16-28(26)37-27)33-17-22-15-20(10-12-31-22)19-6-7-19/h1-5,8-12,15-16,19,25,33H,6-7,13-14,17-18H2,(H,32,35). The van der Waals surface area contributed by atoms with E-state index in [1.807, 2.05) is 41.9 Å². The minimum absolute atomic E-state index is 0.0575. The first-order valence-electron chi connectivity index (χ1n) is 13.1. The zero-order valence-electron chi connectivity index (χ0n) is 20.9. The zero-order chi connectivity index (χ0) is 25.5. The third-order valence-electron chi connectivity index (χ3n) is 7.30. The van der Waals surface area contributed by atoms with Crippen LogP contribution in [0.15, 0.2) is 97.4 Å². The van der Waals surface area contributed by atoms with Gasteiger partial charge in [0.2, 0.25) is 0 Å². The minimum atomic E-state index is -0.0900. The fourth-order valence-electron chi connectivity index (χ4n) is 5.16. The first kappa shape index (κ1) is 23.9. The fourth-order valence-corrected chi connectivity index (χ4v) is 7.61. The summed E-state index contributed by atoms with van der Waals surface area (Å²) in [5.41, 5.74) is 5.44. The minimum Gasteiger partial charge on any atom is -0.379 e. The van der Waals surface area contributed by atoms with Crippen LogP contribution in [0.25, 0.3) is 0 Å². The van der Waals surface area contributed by atoms with Crippen molar-refractivity contribution in [1.29, 1.82) is 0 Å². The smallest absolute Gasteiger partial charge is 0.271 e. The van der Waals surface area contributed by atoms with Gasteiger partial charge in [0, 0.05) is 50.8 Å². The van der Waals surface area contributed by atoms with Crippen molar-refractivity contribution in [2.24, 2.45) is 0 Å². The van der Waals surface area contributed by atoms with Crippen molar-refractivity contribution in [3.05, 3.63) is 100 Å². The summed E-state index contributed by atoms with van der Waals surface area (Å²) in [6.45, 7) is 2.67. The molecule has 0 radical (unpaired) electrons. The van der Waals surface area contributed by atoms with Gasteiger partial charge in [-0.05, 0) is 78.4 Å². The van der Waals surface area contributed by atoms with Gasteiger partial charge in [0.05, 0.1) is 18.8 Å². The molecule has 8 heteroatoms. The Morgan fingerprint density at radius 1 is 1.03 bits per heavy atom. The lowest BCUT2D eigenvalue weighted by atomic mass is 10.1. The Kier molecular flexibility index (Phi) is 6.39. The van der Waals surface area contributed by atoms with Gasteiger partial charge in [0.15, 0.2) is 0 Å². The predicted octanol–water partition coefficient (Wildman–Crippen LogP) is 6.45. The zero-order valence-corrected chi connectivity index (χ0v) is 22.5. The topological polar surface area (TPSA) is 70.2 Å². The molecular formula is C30H28N4O2S2. The van der Waals surface area contributed by atoms with Crippen LogP contribution in [0, 0.1) is 0 Å². The number of benzene rings is 2. The van der Waals surface area contributed by atoms with Crippen LogP contribution in [0.5, 0.6) is 0 Å². The average molecular weight is 541 g/mol. The van der Waals surface area contributed by atoms with Crippen molar-refractivity contribution >= 4 is 34.9 Å². The van der Waals surface area contributed by atoms with E-state index in [0.29, 0.717) is 25.4 Å². The second-order valence-corrected chi connectivity index (χ2v) is 12.1. The van der Waals surface area contributed by atoms with Crippen LogP contribution < -0.4 is 15.8 Å². The first-order valence-corrected chi connectivity index (χ1v) is 14.7. The molecular weight excluding hydrogens is 512 g/mol. The number of pyridine rings is 2. The summed E-state index contributed by atoms with van der Waals surface area (Å²) in [6, 6.07) is 21.2. The normalized spacial score (nSPS) is 18.5. The third-order valence-corrected chi connectivity index (χ3v) is 9.91. The molecule has 1 aliphatic carbocycles. The third kappa shape index (κ3) is 4.84. The molecule has 6 nitrogen and oxygen atoms in total. The van der Waals surface area contributed by atoms with Gasteiger partial charge in [-0.2, -0.15) is 0 Å². The summed E-state index contributed by atoms with van der Waals surface area (Å²) in [5, 5.41) is 3.57. The highest BCUT2D eigenvalue weighted by Crippen LogP contribution is 2.51. The van der Waals surface area contributed by atoms with Crippen LogP contribution in [0.1, 0.15) is 41.7 Å². The molecule has 3 aliphatic rings. The van der Waals surface area contributed by atoms with Crippen molar-refractivity contribution in [2.45, 2.75) is 51.0 Å². The van der Waals surface area contributed by atoms with E-state index in [0.717, 1.165) is 23.8 Å². The van der Waals surface area contributed by atoms with Crippen molar-refractivity contribution in [3.8, 4) is 0 Å². The van der Waals surface area contributed by atoms with E-state index < -0.39 is 0 Å². The highest BCUT2D eigenvalue weighted by Gasteiger charge is 2.29. The molecule has 0 bridgehead atoms. The quantitative estimate of drug-likeness (QED) is 0.256. The summed E-state index contributed by atoms with van der Waals surface area (Å²) in [7, 11) is 0. The van der Waals surface area contributed by atoms with Gasteiger partial charge in [-0.1, -0.05) is 35.7 Å². The Morgan fingerprint density at radius 2 is 1.97 bits per heavy atom. The summed E-state index contributed by atoms with van der Waals surface area (Å²) in [4.78, 5) is 26.9. The van der Waals surface area contributed by atoms with Gasteiger partial charge in [-0.25, -0.2) is 0 Å². The van der Waals surface area contributed by atoms with Crippen molar-refractivity contribution in [2.75, 3.05) is 29.9 Å². The van der Waals surface area contributed by atoms with E-state index in [1.54, 1.807) is 6.20 Å². The molecule has 7 rings (SSSR count). The van der Waals surface area contributed by atoms with E-state index in [2.05, 4.69) is 68.7 Å². The number of hydrogen-bond donors (Lipinski definition) is 2. The second-order valence-electron chi connectivity index (χ2n) is 9.94. The maximum atomic E-state index is 12.4. The second kappa shape index (κ2) is 10.2. The average Bonchev–Trinajstić information content (AvgIpc) is 3.81. The molecule has 4 aromatic rings. The Hall–Kier alpha value is -3.20. The van der Waals surface area contributed by atoms with Gasteiger partial charge >= 0.3 is 0 Å². The van der Waals surface area contributed by atoms with Crippen LogP contribution in [-0.2, 0) is 11.3 Å². The summed E-state index contributed by atoms with van der Waals surface area (Å²) >= 11 is 3.62. The van der Waals surface area contributed by atoms with Crippen LogP contribution >= 0.6 is 23.5 Å². The highest BCUT2D eigenvalue weighted by atomic mass is 32.2. The van der Waals surface area contributed by atoms with Crippen LogP contribution in [0.4, 0.5) is 11.4 Å². The molecule has 4 heterocycles. The highest BCUT2D eigenvalue weighted by molar-refractivity contribution is 8.05. The number of rotatable bonds is 6. The summed E-state index contributed by atoms with van der Waals surface area (Å²) in [6.07, 6.45) is 6.13. The van der Waals surface area contributed by atoms with E-state index in [1.165, 1.54) is 43.6 Å². The van der Waals surface area contributed by atoms with Crippen molar-refractivity contribution in [3.63, 3.8) is 0 Å². The summed E-state index contributed by atoms with van der Waals surface area (Å²) in [5.74, 6) is 0.738. The van der Waals surface area contributed by atoms with E-state index in [9.17, 15) is 4.79 Å². The Labute approximate surface area is 230 Å². The first-order chi connectivity index (χ1) is 18.7. The molecule has 0 spiro atoms. The molecule has 1 unspecified atom stereocenters. The molecule has 2 aromatic carbocycles. The molecule has 2 fully saturated rings. The van der Waals surface area contributed by atoms with Crippen LogP contribution in [0.2, 0.25) is 0 Å². The fraction of sp³-hybridized carbons (Fsp3) is 0.267. The number of fused-ring (bicyclic) bond motifs is 2. The van der Waals surface area contributed by atoms with Gasteiger partial charge in [0.1, 0.15) is 11.8 Å². The molecule has 2 N–H and O–H groups in total. The van der Waals surface area contributed by atoms with E-state index in [4.69, 9.17) is 4.74 Å². The Morgan fingerprint density at radius 3 is 2.87 bits per heavy atom. The molecule has 192 valence electrons. The monoisotopic (exact) mass is 540 g/mol. The number of aromatic nitrogens is 2. The van der Waals surface area contributed by atoms with E-state index in [-0.39, 0.29) is 11.7 Å². The largest absolute Gasteiger partial charge is 0.379 e. The van der Waals surface area contributed by atoms with Gasteiger partial charge in [0.25, 0.3) is 5.56 Å². The van der Waals surface area contributed by atoms with Crippen LogP contribution in [-0.4, -0.2) is 29.7 Å². The van der Waals surface area contributed by atoms with Crippen LogP contribution in [0.3, 0.4) is 0 Å². The lowest BCUT2D eigenvalue weighted by molar-refractivity contribution is 0.0378. The summed E-state index contributed by atoms with van der Waals surface area (Å²) < 4.78 is 6.24. The van der Waals surface area contributed by atoms with Crippen molar-refractivity contribution < 1.29 is 4.74 Å².